The minimum atomic E-state index is -1.37. The van der Waals surface area contributed by atoms with E-state index in [1.165, 1.54) is 0 Å². The standard InChI is InChI=1S/C34H47O7P/c1-23-20-24(22-41-34(5,6)18-19-40-33(2,3)4)30(39-11)29(21-23)42(31-25(35-7)14-12-15-26(31)36-8)32-27(37-9)16-13-17-28(32)38-10/h12-17,20-21H,18-19,22H2,1-11H3. The molecule has 0 aliphatic carbocycles. The Morgan fingerprint density at radius 2 is 1.12 bits per heavy atom. The van der Waals surface area contributed by atoms with E-state index in [1.807, 2.05) is 36.4 Å². The Hall–Kier alpha value is -2.99. The van der Waals surface area contributed by atoms with Gasteiger partial charge < -0.3 is 33.2 Å². The van der Waals surface area contributed by atoms with E-state index in [9.17, 15) is 0 Å². The molecule has 0 bridgehead atoms. The fraction of sp³-hybridized carbons (Fsp3) is 0.471. The molecule has 0 atom stereocenters. The molecule has 0 aromatic heterocycles. The van der Waals surface area contributed by atoms with Gasteiger partial charge in [-0.15, -0.1) is 0 Å². The van der Waals surface area contributed by atoms with Gasteiger partial charge in [0.05, 0.1) is 64.0 Å². The first kappa shape index (κ1) is 33.5. The first-order chi connectivity index (χ1) is 19.9. The summed E-state index contributed by atoms with van der Waals surface area (Å²) in [6.07, 6.45) is 0.759. The number of aryl methyl sites for hydroxylation is 1. The second kappa shape index (κ2) is 14.5. The number of ether oxygens (including phenoxy) is 7. The third kappa shape index (κ3) is 8.09. The SMILES string of the molecule is COc1cccc(OC)c1P(c1cc(C)cc(COC(C)(C)CCOC(C)(C)C)c1OC)c1c(OC)cccc1OC. The zero-order valence-corrected chi connectivity index (χ0v) is 27.9. The highest BCUT2D eigenvalue weighted by molar-refractivity contribution is 7.80. The molecule has 0 N–H and O–H groups in total. The van der Waals surface area contributed by atoms with Gasteiger partial charge in [-0.05, 0) is 83.9 Å². The van der Waals surface area contributed by atoms with Crippen LogP contribution in [0.1, 0.15) is 52.2 Å². The van der Waals surface area contributed by atoms with Gasteiger partial charge in [-0.2, -0.15) is 0 Å². The Balaban J connectivity index is 2.22. The number of hydrogen-bond acceptors (Lipinski definition) is 7. The zero-order valence-electron chi connectivity index (χ0n) is 27.0. The summed E-state index contributed by atoms with van der Waals surface area (Å²) >= 11 is 0. The van der Waals surface area contributed by atoms with E-state index in [0.717, 1.165) is 39.2 Å². The molecule has 0 saturated heterocycles. The van der Waals surface area contributed by atoms with Crippen molar-refractivity contribution in [1.82, 2.24) is 0 Å². The summed E-state index contributed by atoms with van der Waals surface area (Å²) in [5, 5.41) is 2.78. The second-order valence-electron chi connectivity index (χ2n) is 11.6. The number of methoxy groups -OCH3 is 5. The van der Waals surface area contributed by atoms with Crippen LogP contribution in [0.15, 0.2) is 48.5 Å². The molecule has 3 rings (SSSR count). The molecule has 0 spiro atoms. The predicted octanol–water partition coefficient (Wildman–Crippen LogP) is 6.30. The van der Waals surface area contributed by atoms with Crippen LogP contribution in [0.2, 0.25) is 0 Å². The summed E-state index contributed by atoms with van der Waals surface area (Å²) in [7, 11) is 7.01. The molecule has 0 saturated carbocycles. The fourth-order valence-corrected chi connectivity index (χ4v) is 7.76. The predicted molar refractivity (Wildman–Crippen MR) is 172 cm³/mol. The lowest BCUT2D eigenvalue weighted by atomic mass is 10.0. The third-order valence-corrected chi connectivity index (χ3v) is 9.43. The van der Waals surface area contributed by atoms with Crippen molar-refractivity contribution in [2.24, 2.45) is 0 Å². The quantitative estimate of drug-likeness (QED) is 0.202. The lowest BCUT2D eigenvalue weighted by Crippen LogP contribution is -2.30. The van der Waals surface area contributed by atoms with Crippen LogP contribution in [0.3, 0.4) is 0 Å². The molecule has 230 valence electrons. The molecular formula is C34H47O7P. The van der Waals surface area contributed by atoms with Gasteiger partial charge in [0.1, 0.15) is 28.7 Å². The molecule has 8 heteroatoms. The van der Waals surface area contributed by atoms with Crippen LogP contribution < -0.4 is 39.6 Å². The largest absolute Gasteiger partial charge is 0.496 e. The summed E-state index contributed by atoms with van der Waals surface area (Å²) in [6.45, 7) is 13.4. The van der Waals surface area contributed by atoms with Gasteiger partial charge in [0.25, 0.3) is 0 Å². The van der Waals surface area contributed by atoms with Gasteiger partial charge in [-0.3, -0.25) is 0 Å². The zero-order chi connectivity index (χ0) is 31.1. The van der Waals surface area contributed by atoms with Crippen molar-refractivity contribution < 1.29 is 33.2 Å². The highest BCUT2D eigenvalue weighted by Gasteiger charge is 2.33. The second-order valence-corrected chi connectivity index (χ2v) is 13.6. The smallest absolute Gasteiger partial charge is 0.132 e. The third-order valence-electron chi connectivity index (χ3n) is 6.84. The summed E-state index contributed by atoms with van der Waals surface area (Å²) in [5.41, 5.74) is 1.44. The average Bonchev–Trinajstić information content (AvgIpc) is 2.95. The van der Waals surface area contributed by atoms with Crippen LogP contribution in [0.5, 0.6) is 28.7 Å². The Kier molecular flexibility index (Phi) is 11.5. The first-order valence-electron chi connectivity index (χ1n) is 14.1. The molecule has 0 aliphatic heterocycles. The Labute approximate surface area is 253 Å². The highest BCUT2D eigenvalue weighted by Crippen LogP contribution is 2.48. The van der Waals surface area contributed by atoms with Crippen LogP contribution in [0, 0.1) is 6.92 Å². The lowest BCUT2D eigenvalue weighted by Gasteiger charge is -2.30. The van der Waals surface area contributed by atoms with Crippen molar-refractivity contribution in [3.8, 4) is 28.7 Å². The molecule has 0 amide bonds. The molecule has 3 aromatic carbocycles. The fourth-order valence-electron chi connectivity index (χ4n) is 4.74. The average molecular weight is 599 g/mol. The van der Waals surface area contributed by atoms with E-state index in [2.05, 4.69) is 53.7 Å². The van der Waals surface area contributed by atoms with Crippen molar-refractivity contribution in [1.29, 1.82) is 0 Å². The van der Waals surface area contributed by atoms with E-state index in [0.29, 0.717) is 36.2 Å². The summed E-state index contributed by atoms with van der Waals surface area (Å²) < 4.78 is 42.4. The monoisotopic (exact) mass is 598 g/mol. The number of rotatable bonds is 14. The van der Waals surface area contributed by atoms with Crippen LogP contribution in [-0.2, 0) is 16.1 Å². The highest BCUT2D eigenvalue weighted by atomic mass is 31.1. The van der Waals surface area contributed by atoms with Gasteiger partial charge in [0.2, 0.25) is 0 Å². The topological polar surface area (TPSA) is 64.6 Å². The van der Waals surface area contributed by atoms with Gasteiger partial charge in [-0.1, -0.05) is 18.2 Å². The lowest BCUT2D eigenvalue weighted by molar-refractivity contribution is -0.0733. The molecule has 0 fully saturated rings. The van der Waals surface area contributed by atoms with Crippen LogP contribution in [-0.4, -0.2) is 53.4 Å². The van der Waals surface area contributed by atoms with Crippen molar-refractivity contribution in [2.45, 2.75) is 65.8 Å². The molecule has 7 nitrogen and oxygen atoms in total. The van der Waals surface area contributed by atoms with Crippen molar-refractivity contribution in [2.75, 3.05) is 42.2 Å². The number of benzene rings is 3. The molecule has 42 heavy (non-hydrogen) atoms. The van der Waals surface area contributed by atoms with Gasteiger partial charge in [-0.25, -0.2) is 0 Å². The summed E-state index contributed by atoms with van der Waals surface area (Å²) in [6, 6.07) is 15.9. The van der Waals surface area contributed by atoms with Gasteiger partial charge >= 0.3 is 0 Å². The Bertz CT molecular complexity index is 1230. The number of hydrogen-bond donors (Lipinski definition) is 0. The van der Waals surface area contributed by atoms with E-state index in [1.54, 1.807) is 35.5 Å². The first-order valence-corrected chi connectivity index (χ1v) is 15.4. The van der Waals surface area contributed by atoms with Crippen LogP contribution in [0.25, 0.3) is 0 Å². The van der Waals surface area contributed by atoms with Gasteiger partial charge in [0.15, 0.2) is 0 Å². The molecule has 0 unspecified atom stereocenters. The van der Waals surface area contributed by atoms with Crippen LogP contribution >= 0.6 is 7.92 Å². The summed E-state index contributed by atoms with van der Waals surface area (Å²) in [5.74, 6) is 3.56. The molecular weight excluding hydrogens is 551 g/mol. The van der Waals surface area contributed by atoms with E-state index >= 15 is 0 Å². The maximum Gasteiger partial charge on any atom is 0.132 e. The maximum atomic E-state index is 6.50. The van der Waals surface area contributed by atoms with Crippen molar-refractivity contribution in [3.05, 3.63) is 59.7 Å². The van der Waals surface area contributed by atoms with E-state index in [4.69, 9.17) is 33.2 Å². The summed E-state index contributed by atoms with van der Waals surface area (Å²) in [4.78, 5) is 0. The maximum absolute atomic E-state index is 6.50. The van der Waals surface area contributed by atoms with E-state index < -0.39 is 13.5 Å². The molecule has 3 aromatic rings. The minimum absolute atomic E-state index is 0.193. The minimum Gasteiger partial charge on any atom is -0.496 e. The molecule has 0 heterocycles. The molecule has 0 aliphatic rings. The van der Waals surface area contributed by atoms with Crippen LogP contribution in [0.4, 0.5) is 0 Å². The normalized spacial score (nSPS) is 11.9. The van der Waals surface area contributed by atoms with Gasteiger partial charge in [0, 0.05) is 25.4 Å². The Morgan fingerprint density at radius 3 is 1.52 bits per heavy atom. The Morgan fingerprint density at radius 1 is 0.643 bits per heavy atom. The molecule has 0 radical (unpaired) electrons. The van der Waals surface area contributed by atoms with Crippen molar-refractivity contribution >= 4 is 23.8 Å². The van der Waals surface area contributed by atoms with Crippen molar-refractivity contribution in [3.63, 3.8) is 0 Å². The van der Waals surface area contributed by atoms with E-state index in [-0.39, 0.29) is 5.60 Å².